The second-order valence-corrected chi connectivity index (χ2v) is 4.29. The van der Waals surface area contributed by atoms with Crippen LogP contribution in [0.15, 0.2) is 54.6 Å². The van der Waals surface area contributed by atoms with Gasteiger partial charge in [-0.3, -0.25) is 0 Å². The normalized spacial score (nSPS) is 10.3. The van der Waals surface area contributed by atoms with Crippen LogP contribution >= 0.6 is 0 Å². The molecule has 2 aromatic carbocycles. The predicted octanol–water partition coefficient (Wildman–Crippen LogP) is 3.16. The van der Waals surface area contributed by atoms with Crippen LogP contribution in [-0.2, 0) is 13.0 Å². The number of benzene rings is 2. The molecule has 0 heterocycles. The molecule has 0 amide bonds. The van der Waals surface area contributed by atoms with Gasteiger partial charge in [0.05, 0.1) is 6.61 Å². The Morgan fingerprint density at radius 3 is 2.44 bits per heavy atom. The summed E-state index contributed by atoms with van der Waals surface area (Å²) in [6.07, 6.45) is 2.08. The van der Waals surface area contributed by atoms with Gasteiger partial charge in [-0.25, -0.2) is 0 Å². The van der Waals surface area contributed by atoms with Crippen molar-refractivity contribution in [3.63, 3.8) is 0 Å². The highest BCUT2D eigenvalue weighted by molar-refractivity contribution is 5.28. The Morgan fingerprint density at radius 2 is 1.67 bits per heavy atom. The van der Waals surface area contributed by atoms with Crippen molar-refractivity contribution in [2.75, 3.05) is 6.61 Å². The van der Waals surface area contributed by atoms with Gasteiger partial charge in [-0.1, -0.05) is 42.5 Å². The lowest BCUT2D eigenvalue weighted by molar-refractivity contribution is 0.310. The van der Waals surface area contributed by atoms with Gasteiger partial charge in [0.2, 0.25) is 0 Å². The van der Waals surface area contributed by atoms with Crippen LogP contribution in [-0.4, -0.2) is 6.61 Å². The summed E-state index contributed by atoms with van der Waals surface area (Å²) < 4.78 is 5.71. The molecule has 2 aromatic rings. The van der Waals surface area contributed by atoms with Crippen molar-refractivity contribution < 1.29 is 4.74 Å². The minimum absolute atomic E-state index is 0.557. The standard InChI is InChI=1S/C16H19NO/c17-13-15-8-4-10-16(12-15)18-11-5-9-14-6-2-1-3-7-14/h1-4,6-8,10,12H,5,9,11,13,17H2. The molecule has 0 saturated heterocycles. The van der Waals surface area contributed by atoms with Gasteiger partial charge in [0.15, 0.2) is 0 Å². The lowest BCUT2D eigenvalue weighted by atomic mass is 10.1. The van der Waals surface area contributed by atoms with Gasteiger partial charge in [0.1, 0.15) is 5.75 Å². The fraction of sp³-hybridized carbons (Fsp3) is 0.250. The Morgan fingerprint density at radius 1 is 0.889 bits per heavy atom. The van der Waals surface area contributed by atoms with Crippen molar-refractivity contribution in [3.8, 4) is 5.75 Å². The SMILES string of the molecule is NCc1cccc(OCCCc2ccccc2)c1. The van der Waals surface area contributed by atoms with Crippen molar-refractivity contribution in [1.82, 2.24) is 0 Å². The van der Waals surface area contributed by atoms with Crippen LogP contribution in [0.1, 0.15) is 17.5 Å². The molecule has 0 aliphatic rings. The number of nitrogens with two attached hydrogens (primary N) is 1. The molecular formula is C16H19NO. The summed E-state index contributed by atoms with van der Waals surface area (Å²) in [7, 11) is 0. The quantitative estimate of drug-likeness (QED) is 0.788. The molecular weight excluding hydrogens is 222 g/mol. The van der Waals surface area contributed by atoms with Crippen molar-refractivity contribution in [3.05, 3.63) is 65.7 Å². The first-order valence-corrected chi connectivity index (χ1v) is 6.34. The molecule has 0 fully saturated rings. The third-order valence-corrected chi connectivity index (χ3v) is 2.86. The van der Waals surface area contributed by atoms with Crippen LogP contribution in [0.5, 0.6) is 5.75 Å². The fourth-order valence-corrected chi connectivity index (χ4v) is 1.87. The Hall–Kier alpha value is -1.80. The molecule has 0 aromatic heterocycles. The highest BCUT2D eigenvalue weighted by atomic mass is 16.5. The number of hydrogen-bond donors (Lipinski definition) is 1. The Balaban J connectivity index is 1.75. The summed E-state index contributed by atoms with van der Waals surface area (Å²) in [4.78, 5) is 0. The molecule has 94 valence electrons. The summed E-state index contributed by atoms with van der Waals surface area (Å²) in [5.74, 6) is 0.908. The summed E-state index contributed by atoms with van der Waals surface area (Å²) in [6.45, 7) is 1.30. The van der Waals surface area contributed by atoms with Crippen molar-refractivity contribution in [1.29, 1.82) is 0 Å². The predicted molar refractivity (Wildman–Crippen MR) is 74.6 cm³/mol. The van der Waals surface area contributed by atoms with E-state index in [1.54, 1.807) is 0 Å². The van der Waals surface area contributed by atoms with E-state index in [1.165, 1.54) is 5.56 Å². The molecule has 2 nitrogen and oxygen atoms in total. The molecule has 18 heavy (non-hydrogen) atoms. The summed E-state index contributed by atoms with van der Waals surface area (Å²) in [5, 5.41) is 0. The van der Waals surface area contributed by atoms with E-state index in [0.717, 1.165) is 30.8 Å². The zero-order valence-electron chi connectivity index (χ0n) is 10.5. The highest BCUT2D eigenvalue weighted by Crippen LogP contribution is 2.13. The maximum atomic E-state index is 5.71. The van der Waals surface area contributed by atoms with E-state index in [9.17, 15) is 0 Å². The van der Waals surface area contributed by atoms with Gasteiger partial charge in [0, 0.05) is 6.54 Å². The van der Waals surface area contributed by atoms with Gasteiger partial charge in [-0.05, 0) is 36.1 Å². The van der Waals surface area contributed by atoms with Gasteiger partial charge >= 0.3 is 0 Å². The monoisotopic (exact) mass is 241 g/mol. The molecule has 0 unspecified atom stereocenters. The second kappa shape index (κ2) is 6.82. The van der Waals surface area contributed by atoms with E-state index in [-0.39, 0.29) is 0 Å². The average molecular weight is 241 g/mol. The topological polar surface area (TPSA) is 35.2 Å². The number of hydrogen-bond acceptors (Lipinski definition) is 2. The smallest absolute Gasteiger partial charge is 0.119 e. The third-order valence-electron chi connectivity index (χ3n) is 2.86. The van der Waals surface area contributed by atoms with Crippen molar-refractivity contribution in [2.24, 2.45) is 5.73 Å². The maximum Gasteiger partial charge on any atom is 0.119 e. The molecule has 0 radical (unpaired) electrons. The zero-order valence-corrected chi connectivity index (χ0v) is 10.5. The Labute approximate surface area is 108 Å². The van der Waals surface area contributed by atoms with E-state index in [2.05, 4.69) is 24.3 Å². The molecule has 0 atom stereocenters. The Kier molecular flexibility index (Phi) is 4.79. The highest BCUT2D eigenvalue weighted by Gasteiger charge is 1.96. The molecule has 0 bridgehead atoms. The maximum absolute atomic E-state index is 5.71. The Bertz CT molecular complexity index is 468. The summed E-state index contributed by atoms with van der Waals surface area (Å²) in [5.41, 5.74) is 8.06. The van der Waals surface area contributed by atoms with E-state index >= 15 is 0 Å². The van der Waals surface area contributed by atoms with Gasteiger partial charge in [-0.15, -0.1) is 0 Å². The van der Waals surface area contributed by atoms with Crippen LogP contribution < -0.4 is 10.5 Å². The van der Waals surface area contributed by atoms with Crippen LogP contribution in [0.25, 0.3) is 0 Å². The first-order valence-electron chi connectivity index (χ1n) is 6.34. The van der Waals surface area contributed by atoms with Crippen LogP contribution in [0.4, 0.5) is 0 Å². The lowest BCUT2D eigenvalue weighted by Crippen LogP contribution is -2.01. The molecule has 2 heteroatoms. The van der Waals surface area contributed by atoms with Crippen molar-refractivity contribution >= 4 is 0 Å². The molecule has 0 aliphatic heterocycles. The van der Waals surface area contributed by atoms with Gasteiger partial charge in [0.25, 0.3) is 0 Å². The molecule has 0 spiro atoms. The third kappa shape index (κ3) is 3.90. The minimum Gasteiger partial charge on any atom is -0.494 e. The average Bonchev–Trinajstić information content (AvgIpc) is 2.45. The summed E-state index contributed by atoms with van der Waals surface area (Å²) >= 11 is 0. The lowest BCUT2D eigenvalue weighted by Gasteiger charge is -2.07. The minimum atomic E-state index is 0.557. The molecule has 2 rings (SSSR count). The number of rotatable bonds is 6. The largest absolute Gasteiger partial charge is 0.494 e. The fourth-order valence-electron chi connectivity index (χ4n) is 1.87. The zero-order chi connectivity index (χ0) is 12.6. The van der Waals surface area contributed by atoms with E-state index < -0.39 is 0 Å². The van der Waals surface area contributed by atoms with E-state index in [1.807, 2.05) is 30.3 Å². The van der Waals surface area contributed by atoms with Crippen molar-refractivity contribution in [2.45, 2.75) is 19.4 Å². The van der Waals surface area contributed by atoms with Crippen LogP contribution in [0, 0.1) is 0 Å². The van der Waals surface area contributed by atoms with Gasteiger partial charge in [-0.2, -0.15) is 0 Å². The molecule has 0 aliphatic carbocycles. The number of ether oxygens (including phenoxy) is 1. The second-order valence-electron chi connectivity index (χ2n) is 4.29. The molecule has 2 N–H and O–H groups in total. The van der Waals surface area contributed by atoms with Crippen LogP contribution in [0.3, 0.4) is 0 Å². The first-order chi connectivity index (χ1) is 8.88. The number of aryl methyl sites for hydroxylation is 1. The molecule has 0 saturated carbocycles. The summed E-state index contributed by atoms with van der Waals surface area (Å²) in [6, 6.07) is 18.4. The van der Waals surface area contributed by atoms with E-state index in [0.29, 0.717) is 6.54 Å². The van der Waals surface area contributed by atoms with Gasteiger partial charge < -0.3 is 10.5 Å². The van der Waals surface area contributed by atoms with E-state index in [4.69, 9.17) is 10.5 Å². The van der Waals surface area contributed by atoms with Crippen LogP contribution in [0.2, 0.25) is 0 Å². The first kappa shape index (κ1) is 12.7.